The minimum absolute atomic E-state index is 0.328. The monoisotopic (exact) mass is 321 g/mol. The SMILES string of the molecule is CC(NCC1CSCCS1)c1cccc(-n2cnnn2)c1. The van der Waals surface area contributed by atoms with E-state index in [2.05, 4.69) is 69.5 Å². The van der Waals surface area contributed by atoms with Crippen molar-refractivity contribution in [1.82, 2.24) is 25.5 Å². The third-order valence-electron chi connectivity index (χ3n) is 3.52. The lowest BCUT2D eigenvalue weighted by atomic mass is 10.1. The van der Waals surface area contributed by atoms with Gasteiger partial charge in [0, 0.05) is 35.1 Å². The smallest absolute Gasteiger partial charge is 0.143 e. The molecule has 0 aliphatic carbocycles. The maximum absolute atomic E-state index is 3.94. The van der Waals surface area contributed by atoms with E-state index in [0.29, 0.717) is 6.04 Å². The summed E-state index contributed by atoms with van der Waals surface area (Å²) in [5.41, 5.74) is 2.25. The van der Waals surface area contributed by atoms with Gasteiger partial charge in [-0.2, -0.15) is 23.5 Å². The predicted molar refractivity (Wildman–Crippen MR) is 89.1 cm³/mol. The molecule has 1 aromatic heterocycles. The first-order chi connectivity index (χ1) is 10.3. The van der Waals surface area contributed by atoms with Crippen LogP contribution in [0, 0.1) is 0 Å². The highest BCUT2D eigenvalue weighted by Gasteiger charge is 2.15. The van der Waals surface area contributed by atoms with Crippen molar-refractivity contribution in [3.63, 3.8) is 0 Å². The Balaban J connectivity index is 1.61. The maximum Gasteiger partial charge on any atom is 0.143 e. The van der Waals surface area contributed by atoms with E-state index in [9.17, 15) is 0 Å². The average molecular weight is 321 g/mol. The quantitative estimate of drug-likeness (QED) is 0.911. The lowest BCUT2D eigenvalue weighted by Gasteiger charge is -2.23. The van der Waals surface area contributed by atoms with Crippen LogP contribution in [-0.2, 0) is 0 Å². The summed E-state index contributed by atoms with van der Waals surface area (Å²) in [6.45, 7) is 3.27. The van der Waals surface area contributed by atoms with Gasteiger partial charge in [-0.25, -0.2) is 4.68 Å². The molecule has 0 spiro atoms. The molecule has 112 valence electrons. The van der Waals surface area contributed by atoms with Gasteiger partial charge in [0.15, 0.2) is 0 Å². The lowest BCUT2D eigenvalue weighted by molar-refractivity contribution is 0.576. The van der Waals surface area contributed by atoms with Gasteiger partial charge in [-0.05, 0) is 35.0 Å². The number of thioether (sulfide) groups is 2. The topological polar surface area (TPSA) is 55.6 Å². The van der Waals surface area contributed by atoms with E-state index in [0.717, 1.165) is 17.5 Å². The molecular formula is C14H19N5S2. The Morgan fingerprint density at radius 2 is 2.38 bits per heavy atom. The van der Waals surface area contributed by atoms with E-state index in [1.54, 1.807) is 11.0 Å². The molecule has 0 bridgehead atoms. The molecule has 2 atom stereocenters. The summed E-state index contributed by atoms with van der Waals surface area (Å²) in [5.74, 6) is 3.83. The van der Waals surface area contributed by atoms with Crippen LogP contribution in [-0.4, -0.2) is 49.3 Å². The van der Waals surface area contributed by atoms with Gasteiger partial charge in [0.2, 0.25) is 0 Å². The summed E-state index contributed by atoms with van der Waals surface area (Å²) < 4.78 is 1.68. The van der Waals surface area contributed by atoms with E-state index in [1.165, 1.54) is 22.8 Å². The minimum Gasteiger partial charge on any atom is -0.309 e. The molecule has 5 nitrogen and oxygen atoms in total. The van der Waals surface area contributed by atoms with E-state index >= 15 is 0 Å². The Hall–Kier alpha value is -1.05. The molecule has 2 aromatic rings. The molecule has 7 heteroatoms. The van der Waals surface area contributed by atoms with Crippen LogP contribution < -0.4 is 5.32 Å². The normalized spacial score (nSPS) is 20.3. The summed E-state index contributed by atoms with van der Waals surface area (Å²) in [6, 6.07) is 8.68. The van der Waals surface area contributed by atoms with Gasteiger partial charge in [-0.15, -0.1) is 5.10 Å². The first-order valence-corrected chi connectivity index (χ1v) is 9.29. The molecule has 0 amide bonds. The number of hydrogen-bond acceptors (Lipinski definition) is 6. The molecule has 2 heterocycles. The molecule has 0 saturated carbocycles. The summed E-state index contributed by atoms with van der Waals surface area (Å²) in [4.78, 5) is 0. The van der Waals surface area contributed by atoms with Crippen molar-refractivity contribution in [3.05, 3.63) is 36.2 Å². The zero-order valence-electron chi connectivity index (χ0n) is 12.0. The van der Waals surface area contributed by atoms with E-state index < -0.39 is 0 Å². The second kappa shape index (κ2) is 7.29. The summed E-state index contributed by atoms with van der Waals surface area (Å²) >= 11 is 4.15. The zero-order chi connectivity index (χ0) is 14.5. The maximum atomic E-state index is 3.94. The molecule has 1 N–H and O–H groups in total. The molecule has 1 aliphatic rings. The molecule has 21 heavy (non-hydrogen) atoms. The number of aromatic nitrogens is 4. The Morgan fingerprint density at radius 1 is 1.43 bits per heavy atom. The van der Waals surface area contributed by atoms with Crippen LogP contribution in [0.5, 0.6) is 0 Å². The van der Waals surface area contributed by atoms with Crippen LogP contribution in [0.25, 0.3) is 5.69 Å². The predicted octanol–water partition coefficient (Wildman–Crippen LogP) is 2.16. The molecule has 1 aliphatic heterocycles. The van der Waals surface area contributed by atoms with Gasteiger partial charge >= 0.3 is 0 Å². The highest BCUT2D eigenvalue weighted by atomic mass is 32.2. The average Bonchev–Trinajstić information content (AvgIpc) is 3.08. The van der Waals surface area contributed by atoms with Crippen LogP contribution >= 0.6 is 23.5 Å². The minimum atomic E-state index is 0.328. The molecule has 3 rings (SSSR count). The molecule has 1 aromatic carbocycles. The van der Waals surface area contributed by atoms with E-state index in [-0.39, 0.29) is 0 Å². The first-order valence-electron chi connectivity index (χ1n) is 7.09. The molecule has 1 fully saturated rings. The second-order valence-electron chi connectivity index (χ2n) is 5.05. The van der Waals surface area contributed by atoms with Gasteiger partial charge in [0.1, 0.15) is 6.33 Å². The number of tetrazole rings is 1. The highest BCUT2D eigenvalue weighted by molar-refractivity contribution is 8.06. The number of nitrogens with zero attached hydrogens (tertiary/aromatic N) is 4. The lowest BCUT2D eigenvalue weighted by Crippen LogP contribution is -2.30. The van der Waals surface area contributed by atoms with Crippen LogP contribution in [0.1, 0.15) is 18.5 Å². The van der Waals surface area contributed by atoms with E-state index in [1.807, 2.05) is 6.07 Å². The van der Waals surface area contributed by atoms with E-state index in [4.69, 9.17) is 0 Å². The van der Waals surface area contributed by atoms with Crippen molar-refractivity contribution in [1.29, 1.82) is 0 Å². The highest BCUT2D eigenvalue weighted by Crippen LogP contribution is 2.24. The van der Waals surface area contributed by atoms with Crippen molar-refractivity contribution in [3.8, 4) is 5.69 Å². The van der Waals surface area contributed by atoms with Crippen LogP contribution in [0.15, 0.2) is 30.6 Å². The van der Waals surface area contributed by atoms with Crippen LogP contribution in [0.3, 0.4) is 0 Å². The summed E-state index contributed by atoms with van der Waals surface area (Å²) in [6.07, 6.45) is 1.62. The number of hydrogen-bond donors (Lipinski definition) is 1. The van der Waals surface area contributed by atoms with Crippen molar-refractivity contribution in [2.75, 3.05) is 23.8 Å². The third-order valence-corrected chi connectivity index (χ3v) is 6.37. The summed E-state index contributed by atoms with van der Waals surface area (Å²) in [7, 11) is 0. The largest absolute Gasteiger partial charge is 0.309 e. The third kappa shape index (κ3) is 3.99. The number of nitrogens with one attached hydrogen (secondary N) is 1. The fraction of sp³-hybridized carbons (Fsp3) is 0.500. The zero-order valence-corrected chi connectivity index (χ0v) is 13.6. The Labute approximate surface area is 133 Å². The molecule has 1 saturated heterocycles. The van der Waals surface area contributed by atoms with Gasteiger partial charge < -0.3 is 5.32 Å². The van der Waals surface area contributed by atoms with Crippen molar-refractivity contribution < 1.29 is 0 Å². The molecular weight excluding hydrogens is 302 g/mol. The Kier molecular flexibility index (Phi) is 5.16. The number of benzene rings is 1. The van der Waals surface area contributed by atoms with Gasteiger partial charge in [-0.1, -0.05) is 12.1 Å². The molecule has 2 unspecified atom stereocenters. The fourth-order valence-corrected chi connectivity index (χ4v) is 4.92. The van der Waals surface area contributed by atoms with Gasteiger partial charge in [0.05, 0.1) is 5.69 Å². The Morgan fingerprint density at radius 3 is 3.14 bits per heavy atom. The standard InChI is InChI=1S/C14H19N5S2/c1-11(15-8-14-9-20-5-6-21-14)12-3-2-4-13(7-12)19-10-16-17-18-19/h2-4,7,10-11,14-15H,5-6,8-9H2,1H3. The molecule has 0 radical (unpaired) electrons. The summed E-state index contributed by atoms with van der Waals surface area (Å²) in [5, 5.41) is 15.7. The number of rotatable bonds is 5. The van der Waals surface area contributed by atoms with Crippen molar-refractivity contribution >= 4 is 23.5 Å². The first kappa shape index (κ1) is 14.9. The van der Waals surface area contributed by atoms with Gasteiger partial charge in [-0.3, -0.25) is 0 Å². The van der Waals surface area contributed by atoms with Crippen LogP contribution in [0.4, 0.5) is 0 Å². The van der Waals surface area contributed by atoms with Gasteiger partial charge in [0.25, 0.3) is 0 Å². The van der Waals surface area contributed by atoms with Crippen LogP contribution in [0.2, 0.25) is 0 Å². The fourth-order valence-electron chi connectivity index (χ4n) is 2.30. The second-order valence-corrected chi connectivity index (χ2v) is 7.61. The van der Waals surface area contributed by atoms with Crippen molar-refractivity contribution in [2.45, 2.75) is 18.2 Å². The van der Waals surface area contributed by atoms with Crippen molar-refractivity contribution in [2.24, 2.45) is 0 Å². The Bertz CT molecular complexity index is 554.